The Balaban J connectivity index is 2.23. The van der Waals surface area contributed by atoms with Crippen molar-refractivity contribution in [3.63, 3.8) is 0 Å². The minimum Gasteiger partial charge on any atom is -0.295 e. The van der Waals surface area contributed by atoms with Gasteiger partial charge in [0.25, 0.3) is 0 Å². The van der Waals surface area contributed by atoms with E-state index in [4.69, 9.17) is 7.85 Å². The van der Waals surface area contributed by atoms with Gasteiger partial charge in [-0.1, -0.05) is 47.9 Å². The van der Waals surface area contributed by atoms with Crippen LogP contribution in [0.3, 0.4) is 0 Å². The summed E-state index contributed by atoms with van der Waals surface area (Å²) in [5.74, 6) is 0. The fraction of sp³-hybridized carbons (Fsp3) is 0.118. The predicted octanol–water partition coefficient (Wildman–Crippen LogP) is 1.95. The van der Waals surface area contributed by atoms with Gasteiger partial charge in [-0.05, 0) is 24.1 Å². The number of rotatable bonds is 2. The van der Waals surface area contributed by atoms with E-state index < -0.39 is 0 Å². The Kier molecular flexibility index (Phi) is 3.30. The minimum absolute atomic E-state index is 0.0810. The van der Waals surface area contributed by atoms with Crippen LogP contribution in [0.2, 0.25) is 0 Å². The average molecular weight is 274 g/mol. The Hall–Kier alpha value is -2.49. The van der Waals surface area contributed by atoms with Gasteiger partial charge in [0.05, 0.1) is 11.4 Å². The van der Waals surface area contributed by atoms with Crippen molar-refractivity contribution in [2.24, 2.45) is 7.05 Å². The van der Waals surface area contributed by atoms with Crippen molar-refractivity contribution in [3.8, 4) is 16.9 Å². The van der Waals surface area contributed by atoms with Gasteiger partial charge in [-0.2, -0.15) is 0 Å². The number of aromatic nitrogens is 2. The lowest BCUT2D eigenvalue weighted by Crippen LogP contribution is -2.23. The molecule has 21 heavy (non-hydrogen) atoms. The number of hydrogen-bond donors (Lipinski definition) is 0. The Labute approximate surface area is 124 Å². The molecule has 0 aliphatic rings. The molecular weight excluding hydrogens is 259 g/mol. The highest BCUT2D eigenvalue weighted by Crippen LogP contribution is 2.19. The highest BCUT2D eigenvalue weighted by Gasteiger charge is 2.12. The largest absolute Gasteiger partial charge is 0.332 e. The molecule has 0 aliphatic carbocycles. The van der Waals surface area contributed by atoms with Crippen molar-refractivity contribution < 1.29 is 0 Å². The van der Waals surface area contributed by atoms with E-state index in [1.165, 1.54) is 0 Å². The topological polar surface area (TPSA) is 26.9 Å². The van der Waals surface area contributed by atoms with Crippen LogP contribution < -0.4 is 11.2 Å². The van der Waals surface area contributed by atoms with Gasteiger partial charge in [-0.25, -0.2) is 4.79 Å². The third kappa shape index (κ3) is 2.23. The summed E-state index contributed by atoms with van der Waals surface area (Å²) in [5, 5.41) is 0. The van der Waals surface area contributed by atoms with Crippen molar-refractivity contribution in [1.82, 2.24) is 9.13 Å². The van der Waals surface area contributed by atoms with E-state index in [1.807, 2.05) is 61.7 Å². The Morgan fingerprint density at radius 1 is 1.00 bits per heavy atom. The van der Waals surface area contributed by atoms with Crippen LogP contribution in [-0.4, -0.2) is 17.0 Å². The van der Waals surface area contributed by atoms with Gasteiger partial charge in [0.2, 0.25) is 0 Å². The zero-order chi connectivity index (χ0) is 15.0. The zero-order valence-electron chi connectivity index (χ0n) is 12.1. The Bertz CT molecular complexity index is 847. The molecule has 1 aromatic heterocycles. The van der Waals surface area contributed by atoms with E-state index in [-0.39, 0.29) is 5.69 Å². The van der Waals surface area contributed by atoms with E-state index in [2.05, 4.69) is 0 Å². The van der Waals surface area contributed by atoms with Crippen LogP contribution in [0.5, 0.6) is 0 Å². The molecule has 0 N–H and O–H groups in total. The van der Waals surface area contributed by atoms with Crippen molar-refractivity contribution in [3.05, 3.63) is 70.8 Å². The molecule has 3 nitrogen and oxygen atoms in total. The second-order valence-electron chi connectivity index (χ2n) is 5.08. The molecule has 0 fully saturated rings. The fourth-order valence-electron chi connectivity index (χ4n) is 2.48. The summed E-state index contributed by atoms with van der Waals surface area (Å²) >= 11 is 0. The smallest absolute Gasteiger partial charge is 0.295 e. The van der Waals surface area contributed by atoms with E-state index in [1.54, 1.807) is 16.2 Å². The summed E-state index contributed by atoms with van der Waals surface area (Å²) in [5.41, 5.74) is 4.22. The van der Waals surface area contributed by atoms with Crippen LogP contribution in [-0.2, 0) is 7.05 Å². The van der Waals surface area contributed by atoms with Crippen LogP contribution in [0, 0.1) is 6.92 Å². The molecule has 0 bridgehead atoms. The normalized spacial score (nSPS) is 10.8. The fourth-order valence-corrected chi connectivity index (χ4v) is 2.48. The summed E-state index contributed by atoms with van der Waals surface area (Å²) in [4.78, 5) is 12.5. The molecule has 0 saturated heterocycles. The van der Waals surface area contributed by atoms with Gasteiger partial charge in [-0.3, -0.25) is 9.13 Å². The Morgan fingerprint density at radius 2 is 1.71 bits per heavy atom. The highest BCUT2D eigenvalue weighted by atomic mass is 16.1. The molecule has 2 radical (unpaired) electrons. The second-order valence-corrected chi connectivity index (χ2v) is 5.08. The van der Waals surface area contributed by atoms with E-state index in [9.17, 15) is 4.79 Å². The molecule has 4 heteroatoms. The molecule has 0 amide bonds. The van der Waals surface area contributed by atoms with Crippen molar-refractivity contribution in [1.29, 1.82) is 0 Å². The SMILES string of the molecule is [B]c1cccc(-n2cc(-c3ccccc3)n(C)c2=O)c1C. The van der Waals surface area contributed by atoms with Crippen LogP contribution in [0.4, 0.5) is 0 Å². The lowest BCUT2D eigenvalue weighted by molar-refractivity contribution is 0.827. The van der Waals surface area contributed by atoms with Gasteiger partial charge in [0, 0.05) is 13.2 Å². The second kappa shape index (κ2) is 5.13. The molecule has 0 saturated carbocycles. The average Bonchev–Trinajstić information content (AvgIpc) is 2.79. The van der Waals surface area contributed by atoms with Crippen LogP contribution in [0.1, 0.15) is 5.56 Å². The number of benzene rings is 2. The minimum atomic E-state index is -0.0810. The summed E-state index contributed by atoms with van der Waals surface area (Å²) in [6, 6.07) is 15.5. The molecule has 0 atom stereocenters. The molecule has 0 aliphatic heterocycles. The standard InChI is InChI=1S/C17H15BN2O/c1-12-14(18)9-6-10-15(12)20-11-16(19(2)17(20)21)13-7-4-3-5-8-13/h3-11H,1-2H3. The van der Waals surface area contributed by atoms with E-state index in [0.29, 0.717) is 5.46 Å². The maximum Gasteiger partial charge on any atom is 0.332 e. The lowest BCUT2D eigenvalue weighted by atomic mass is 9.90. The first-order chi connectivity index (χ1) is 10.1. The summed E-state index contributed by atoms with van der Waals surface area (Å²) in [6.45, 7) is 1.92. The third-order valence-corrected chi connectivity index (χ3v) is 3.78. The number of imidazole rings is 1. The number of hydrogen-bond acceptors (Lipinski definition) is 1. The summed E-state index contributed by atoms with van der Waals surface area (Å²) in [7, 11) is 7.72. The van der Waals surface area contributed by atoms with Crippen LogP contribution >= 0.6 is 0 Å². The molecule has 0 unspecified atom stereocenters. The molecule has 102 valence electrons. The first-order valence-electron chi connectivity index (χ1n) is 6.79. The van der Waals surface area contributed by atoms with Crippen molar-refractivity contribution in [2.75, 3.05) is 0 Å². The molecule has 1 heterocycles. The quantitative estimate of drug-likeness (QED) is 0.656. The van der Waals surface area contributed by atoms with Gasteiger partial charge in [0.15, 0.2) is 0 Å². The third-order valence-electron chi connectivity index (χ3n) is 3.78. The molecule has 2 aromatic carbocycles. The lowest BCUT2D eigenvalue weighted by Gasteiger charge is -2.08. The summed E-state index contributed by atoms with van der Waals surface area (Å²) < 4.78 is 3.30. The highest BCUT2D eigenvalue weighted by molar-refractivity contribution is 6.33. The molecule has 3 rings (SSSR count). The first kappa shape index (κ1) is 13.5. The first-order valence-corrected chi connectivity index (χ1v) is 6.79. The van der Waals surface area contributed by atoms with Crippen molar-refractivity contribution >= 4 is 13.3 Å². The van der Waals surface area contributed by atoms with Gasteiger partial charge < -0.3 is 0 Å². The van der Waals surface area contributed by atoms with E-state index in [0.717, 1.165) is 22.5 Å². The molecule has 0 spiro atoms. The summed E-state index contributed by atoms with van der Waals surface area (Å²) in [6.07, 6.45) is 1.86. The van der Waals surface area contributed by atoms with E-state index >= 15 is 0 Å². The van der Waals surface area contributed by atoms with Crippen molar-refractivity contribution in [2.45, 2.75) is 6.92 Å². The maximum atomic E-state index is 12.5. The molecular formula is C17H15BN2O. The monoisotopic (exact) mass is 274 g/mol. The van der Waals surface area contributed by atoms with Crippen LogP contribution in [0.25, 0.3) is 16.9 Å². The van der Waals surface area contributed by atoms with Gasteiger partial charge in [-0.15, -0.1) is 0 Å². The number of nitrogens with zero attached hydrogens (tertiary/aromatic N) is 2. The van der Waals surface area contributed by atoms with Gasteiger partial charge >= 0.3 is 5.69 Å². The van der Waals surface area contributed by atoms with Crippen LogP contribution in [0.15, 0.2) is 59.5 Å². The Morgan fingerprint density at radius 3 is 2.43 bits per heavy atom. The predicted molar refractivity (Wildman–Crippen MR) is 86.6 cm³/mol. The molecule has 3 aromatic rings. The zero-order valence-corrected chi connectivity index (χ0v) is 12.1. The maximum absolute atomic E-state index is 12.5. The van der Waals surface area contributed by atoms with Gasteiger partial charge in [0.1, 0.15) is 7.85 Å².